The Bertz CT molecular complexity index is 685. The predicted molar refractivity (Wildman–Crippen MR) is 104 cm³/mol. The number of fused-ring (bicyclic) bond motifs is 1. The number of halogens is 2. The average Bonchev–Trinajstić information content (AvgIpc) is 2.54. The summed E-state index contributed by atoms with van der Waals surface area (Å²) in [5.74, 6) is 0.322. The SMILES string of the molecule is CC(C)c1cc(C(=O)NC2CCNCC2)c2ccccc2n1.Cl.Cl. The number of benzene rings is 1. The van der Waals surface area contributed by atoms with E-state index in [1.165, 1.54) is 0 Å². The quantitative estimate of drug-likeness (QED) is 0.867. The molecule has 0 radical (unpaired) electrons. The first-order chi connectivity index (χ1) is 10.6. The molecule has 3 rings (SSSR count). The number of hydrogen-bond donors (Lipinski definition) is 2. The maximum atomic E-state index is 12.7. The van der Waals surface area contributed by atoms with Gasteiger partial charge < -0.3 is 10.6 Å². The topological polar surface area (TPSA) is 54.0 Å². The van der Waals surface area contributed by atoms with Crippen LogP contribution < -0.4 is 10.6 Å². The Balaban J connectivity index is 0.00000144. The third-order valence-corrected chi connectivity index (χ3v) is 4.25. The van der Waals surface area contributed by atoms with Gasteiger partial charge >= 0.3 is 0 Å². The number of nitrogens with one attached hydrogen (secondary N) is 2. The predicted octanol–water partition coefficient (Wildman–Crippen LogP) is 3.68. The van der Waals surface area contributed by atoms with Gasteiger partial charge in [-0.2, -0.15) is 0 Å². The highest BCUT2D eigenvalue weighted by atomic mass is 35.5. The molecule has 0 bridgehead atoms. The summed E-state index contributed by atoms with van der Waals surface area (Å²) >= 11 is 0. The molecule has 0 saturated carbocycles. The lowest BCUT2D eigenvalue weighted by Gasteiger charge is -2.24. The second kappa shape index (κ2) is 9.21. The second-order valence-electron chi connectivity index (χ2n) is 6.26. The van der Waals surface area contributed by atoms with Crippen LogP contribution in [0, 0.1) is 0 Å². The molecular weight excluding hydrogens is 345 g/mol. The largest absolute Gasteiger partial charge is 0.349 e. The van der Waals surface area contributed by atoms with Gasteiger partial charge in [-0.05, 0) is 44.0 Å². The molecule has 4 nitrogen and oxygen atoms in total. The first kappa shape index (κ1) is 20.7. The van der Waals surface area contributed by atoms with Crippen molar-refractivity contribution in [2.45, 2.75) is 38.6 Å². The molecule has 1 amide bonds. The van der Waals surface area contributed by atoms with Gasteiger partial charge in [0.15, 0.2) is 0 Å². The summed E-state index contributed by atoms with van der Waals surface area (Å²) < 4.78 is 0. The van der Waals surface area contributed by atoms with E-state index in [9.17, 15) is 4.79 Å². The van der Waals surface area contributed by atoms with Crippen molar-refractivity contribution >= 4 is 41.6 Å². The maximum absolute atomic E-state index is 12.7. The lowest BCUT2D eigenvalue weighted by atomic mass is 10.0. The lowest BCUT2D eigenvalue weighted by molar-refractivity contribution is 0.0931. The van der Waals surface area contributed by atoms with Gasteiger partial charge in [0.1, 0.15) is 0 Å². The molecule has 1 aromatic heterocycles. The van der Waals surface area contributed by atoms with Gasteiger partial charge in [0.2, 0.25) is 0 Å². The van der Waals surface area contributed by atoms with Crippen molar-refractivity contribution in [1.29, 1.82) is 0 Å². The molecule has 1 aromatic carbocycles. The van der Waals surface area contributed by atoms with Crippen molar-refractivity contribution in [2.75, 3.05) is 13.1 Å². The Morgan fingerprint density at radius 3 is 2.54 bits per heavy atom. The molecular formula is C18H25Cl2N3O. The van der Waals surface area contributed by atoms with Gasteiger partial charge in [-0.15, -0.1) is 24.8 Å². The van der Waals surface area contributed by atoms with Crippen molar-refractivity contribution in [3.8, 4) is 0 Å². The molecule has 2 aromatic rings. The normalized spacial score (nSPS) is 14.8. The molecule has 6 heteroatoms. The van der Waals surface area contributed by atoms with E-state index in [-0.39, 0.29) is 36.8 Å². The Kier molecular flexibility index (Phi) is 7.94. The summed E-state index contributed by atoms with van der Waals surface area (Å²) in [5, 5.41) is 7.44. The molecule has 1 saturated heterocycles. The van der Waals surface area contributed by atoms with E-state index < -0.39 is 0 Å². The van der Waals surface area contributed by atoms with Crippen molar-refractivity contribution in [3.63, 3.8) is 0 Å². The van der Waals surface area contributed by atoms with Crippen LogP contribution in [0.5, 0.6) is 0 Å². The Morgan fingerprint density at radius 2 is 1.88 bits per heavy atom. The smallest absolute Gasteiger partial charge is 0.252 e. The monoisotopic (exact) mass is 369 g/mol. The summed E-state index contributed by atoms with van der Waals surface area (Å²) in [6.07, 6.45) is 1.98. The molecule has 1 aliphatic rings. The minimum atomic E-state index is 0. The van der Waals surface area contributed by atoms with Crippen LogP contribution in [0.1, 0.15) is 48.7 Å². The van der Waals surface area contributed by atoms with Crippen molar-refractivity contribution in [1.82, 2.24) is 15.6 Å². The summed E-state index contributed by atoms with van der Waals surface area (Å²) in [5.41, 5.74) is 2.60. The summed E-state index contributed by atoms with van der Waals surface area (Å²) in [4.78, 5) is 17.4. The third-order valence-electron chi connectivity index (χ3n) is 4.25. The standard InChI is InChI=1S/C18H23N3O.2ClH/c1-12(2)17-11-15(14-5-3-4-6-16(14)21-17)18(22)20-13-7-9-19-10-8-13;;/h3-6,11-13,19H,7-10H2,1-2H3,(H,20,22);2*1H. The zero-order valence-electron chi connectivity index (χ0n) is 14.0. The molecule has 2 heterocycles. The summed E-state index contributed by atoms with van der Waals surface area (Å²) in [7, 11) is 0. The fraction of sp³-hybridized carbons (Fsp3) is 0.444. The highest BCUT2D eigenvalue weighted by molar-refractivity contribution is 6.06. The van der Waals surface area contributed by atoms with Gasteiger partial charge in [-0.3, -0.25) is 9.78 Å². The molecule has 24 heavy (non-hydrogen) atoms. The van der Waals surface area contributed by atoms with Crippen molar-refractivity contribution in [2.24, 2.45) is 0 Å². The van der Waals surface area contributed by atoms with E-state index in [1.54, 1.807) is 0 Å². The highest BCUT2D eigenvalue weighted by Gasteiger charge is 2.19. The van der Waals surface area contributed by atoms with Crippen LogP contribution in [0.25, 0.3) is 10.9 Å². The van der Waals surface area contributed by atoms with E-state index in [0.29, 0.717) is 5.92 Å². The third kappa shape index (κ3) is 4.59. The first-order valence-corrected chi connectivity index (χ1v) is 8.06. The number of hydrogen-bond acceptors (Lipinski definition) is 3. The number of para-hydroxylation sites is 1. The fourth-order valence-electron chi connectivity index (χ4n) is 2.91. The number of aromatic nitrogens is 1. The molecule has 1 fully saturated rings. The van der Waals surface area contributed by atoms with Crippen LogP contribution in [0.4, 0.5) is 0 Å². The van der Waals surface area contributed by atoms with Crippen LogP contribution in [-0.4, -0.2) is 30.0 Å². The Hall–Kier alpha value is -1.36. The number of piperidine rings is 1. The molecule has 0 aliphatic carbocycles. The second-order valence-corrected chi connectivity index (χ2v) is 6.26. The Morgan fingerprint density at radius 1 is 1.21 bits per heavy atom. The van der Waals surface area contributed by atoms with Crippen molar-refractivity contribution in [3.05, 3.63) is 41.6 Å². The number of rotatable bonds is 3. The van der Waals surface area contributed by atoms with Crippen LogP contribution in [-0.2, 0) is 0 Å². The molecule has 0 unspecified atom stereocenters. The van der Waals surface area contributed by atoms with Crippen LogP contribution in [0.3, 0.4) is 0 Å². The number of pyridine rings is 1. The molecule has 132 valence electrons. The maximum Gasteiger partial charge on any atom is 0.252 e. The molecule has 0 spiro atoms. The molecule has 1 aliphatic heterocycles. The number of amides is 1. The van der Waals surface area contributed by atoms with Gasteiger partial charge in [-0.1, -0.05) is 32.0 Å². The van der Waals surface area contributed by atoms with Crippen molar-refractivity contribution < 1.29 is 4.79 Å². The van der Waals surface area contributed by atoms with E-state index in [1.807, 2.05) is 30.3 Å². The van der Waals surface area contributed by atoms with Gasteiger partial charge in [0, 0.05) is 17.1 Å². The number of carbonyl (C=O) groups is 1. The minimum Gasteiger partial charge on any atom is -0.349 e. The van der Waals surface area contributed by atoms with E-state index in [4.69, 9.17) is 0 Å². The lowest BCUT2D eigenvalue weighted by Crippen LogP contribution is -2.42. The first-order valence-electron chi connectivity index (χ1n) is 8.06. The fourth-order valence-corrected chi connectivity index (χ4v) is 2.91. The minimum absolute atomic E-state index is 0. The summed E-state index contributed by atoms with van der Waals surface area (Å²) in [6.45, 7) is 6.15. The van der Waals surface area contributed by atoms with Gasteiger partial charge in [-0.25, -0.2) is 0 Å². The van der Waals surface area contributed by atoms with Crippen LogP contribution in [0.2, 0.25) is 0 Å². The molecule has 0 atom stereocenters. The zero-order chi connectivity index (χ0) is 15.5. The van der Waals surface area contributed by atoms with E-state index >= 15 is 0 Å². The van der Waals surface area contributed by atoms with Crippen LogP contribution >= 0.6 is 24.8 Å². The molecule has 2 N–H and O–H groups in total. The Labute approximate surface area is 155 Å². The highest BCUT2D eigenvalue weighted by Crippen LogP contribution is 2.22. The number of nitrogens with zero attached hydrogens (tertiary/aromatic N) is 1. The zero-order valence-corrected chi connectivity index (χ0v) is 15.7. The van der Waals surface area contributed by atoms with E-state index in [2.05, 4.69) is 29.5 Å². The summed E-state index contributed by atoms with van der Waals surface area (Å²) in [6, 6.07) is 10.1. The average molecular weight is 370 g/mol. The van der Waals surface area contributed by atoms with Crippen LogP contribution in [0.15, 0.2) is 30.3 Å². The number of carbonyl (C=O) groups excluding carboxylic acids is 1. The van der Waals surface area contributed by atoms with E-state index in [0.717, 1.165) is 48.1 Å². The van der Waals surface area contributed by atoms with Gasteiger partial charge in [0.25, 0.3) is 5.91 Å². The van der Waals surface area contributed by atoms with Gasteiger partial charge in [0.05, 0.1) is 11.1 Å².